The third-order valence-corrected chi connectivity index (χ3v) is 4.81. The molecule has 0 saturated carbocycles. The first kappa shape index (κ1) is 22.4. The molecule has 2 rings (SSSR count). The molecule has 1 heterocycles. The first-order chi connectivity index (χ1) is 13.6. The van der Waals surface area contributed by atoms with Gasteiger partial charge in [-0.2, -0.15) is 0 Å². The highest BCUT2D eigenvalue weighted by atomic mass is 32.1. The van der Waals surface area contributed by atoms with Gasteiger partial charge in [0.1, 0.15) is 10.5 Å². The number of hydrogen-bond acceptors (Lipinski definition) is 7. The van der Waals surface area contributed by atoms with Gasteiger partial charge >= 0.3 is 11.9 Å². The summed E-state index contributed by atoms with van der Waals surface area (Å²) in [5.74, 6) is -1.63. The van der Waals surface area contributed by atoms with E-state index in [1.54, 1.807) is 45.0 Å². The third kappa shape index (κ3) is 6.86. The standard InChI is InChI=1S/C20H25N3O5S/c1-5-23(19-21-12-15(29-19)17(25)26)11-10-16(24)22-14-8-6-13(7-9-14)18(27)28-20(2,3)4/h6-9,12H,5,10-11H2,1-4H3,(H,22,24)(H,25,26). The molecule has 0 saturated heterocycles. The zero-order valence-corrected chi connectivity index (χ0v) is 17.7. The summed E-state index contributed by atoms with van der Waals surface area (Å²) in [4.78, 5) is 41.4. The molecule has 1 amide bonds. The Hall–Kier alpha value is -2.94. The predicted octanol–water partition coefficient (Wildman–Crippen LogP) is 3.65. The smallest absolute Gasteiger partial charge is 0.347 e. The molecule has 0 spiro atoms. The fourth-order valence-electron chi connectivity index (χ4n) is 2.39. The number of carbonyl (C=O) groups is 3. The van der Waals surface area contributed by atoms with Crippen molar-refractivity contribution in [1.29, 1.82) is 0 Å². The Bertz CT molecular complexity index is 871. The van der Waals surface area contributed by atoms with Crippen LogP contribution in [-0.2, 0) is 9.53 Å². The van der Waals surface area contributed by atoms with Gasteiger partial charge in [0.15, 0.2) is 5.13 Å². The van der Waals surface area contributed by atoms with Crippen LogP contribution in [-0.4, -0.2) is 46.6 Å². The van der Waals surface area contributed by atoms with E-state index >= 15 is 0 Å². The Morgan fingerprint density at radius 2 is 1.86 bits per heavy atom. The lowest BCUT2D eigenvalue weighted by Crippen LogP contribution is -2.27. The Kier molecular flexibility index (Phi) is 7.33. The van der Waals surface area contributed by atoms with Gasteiger partial charge in [-0.25, -0.2) is 14.6 Å². The molecule has 0 atom stereocenters. The second kappa shape index (κ2) is 9.51. The van der Waals surface area contributed by atoms with Crippen LogP contribution in [0.3, 0.4) is 0 Å². The van der Waals surface area contributed by atoms with Crippen molar-refractivity contribution in [2.45, 2.75) is 39.7 Å². The van der Waals surface area contributed by atoms with Crippen molar-refractivity contribution in [3.8, 4) is 0 Å². The molecular weight excluding hydrogens is 394 g/mol. The second-order valence-corrected chi connectivity index (χ2v) is 8.28. The van der Waals surface area contributed by atoms with Crippen LogP contribution < -0.4 is 10.2 Å². The Morgan fingerprint density at radius 1 is 1.21 bits per heavy atom. The number of rotatable bonds is 8. The number of benzene rings is 1. The average Bonchev–Trinajstić information content (AvgIpc) is 3.11. The molecule has 0 bridgehead atoms. The average molecular weight is 420 g/mol. The molecule has 156 valence electrons. The highest BCUT2D eigenvalue weighted by molar-refractivity contribution is 7.17. The lowest BCUT2D eigenvalue weighted by Gasteiger charge is -2.20. The van der Waals surface area contributed by atoms with E-state index in [0.717, 1.165) is 11.3 Å². The quantitative estimate of drug-likeness (QED) is 0.629. The van der Waals surface area contributed by atoms with Gasteiger partial charge in [-0.15, -0.1) is 0 Å². The van der Waals surface area contributed by atoms with Crippen molar-refractivity contribution in [3.63, 3.8) is 0 Å². The van der Waals surface area contributed by atoms with Gasteiger partial charge in [0.25, 0.3) is 0 Å². The van der Waals surface area contributed by atoms with Crippen molar-refractivity contribution in [1.82, 2.24) is 4.98 Å². The normalized spacial score (nSPS) is 11.0. The minimum atomic E-state index is -1.02. The minimum Gasteiger partial charge on any atom is -0.477 e. The first-order valence-corrected chi connectivity index (χ1v) is 9.98. The van der Waals surface area contributed by atoms with Crippen molar-refractivity contribution in [2.24, 2.45) is 0 Å². The minimum absolute atomic E-state index is 0.160. The van der Waals surface area contributed by atoms with Crippen LogP contribution in [0.15, 0.2) is 30.5 Å². The maximum atomic E-state index is 12.2. The van der Waals surface area contributed by atoms with Crippen LogP contribution in [0, 0.1) is 0 Å². The number of amides is 1. The number of ether oxygens (including phenoxy) is 1. The van der Waals surface area contributed by atoms with E-state index in [0.29, 0.717) is 29.5 Å². The van der Waals surface area contributed by atoms with Crippen LogP contribution in [0.5, 0.6) is 0 Å². The summed E-state index contributed by atoms with van der Waals surface area (Å²) in [5.41, 5.74) is 0.415. The summed E-state index contributed by atoms with van der Waals surface area (Å²) in [6, 6.07) is 6.50. The van der Waals surface area contributed by atoms with E-state index in [2.05, 4.69) is 10.3 Å². The highest BCUT2D eigenvalue weighted by Crippen LogP contribution is 2.22. The van der Waals surface area contributed by atoms with Gasteiger partial charge in [0.2, 0.25) is 5.91 Å². The highest BCUT2D eigenvalue weighted by Gasteiger charge is 2.18. The zero-order chi connectivity index (χ0) is 21.6. The fraction of sp³-hybridized carbons (Fsp3) is 0.400. The Morgan fingerprint density at radius 3 is 2.38 bits per heavy atom. The van der Waals surface area contributed by atoms with Crippen molar-refractivity contribution < 1.29 is 24.2 Å². The van der Waals surface area contributed by atoms with Gasteiger partial charge in [-0.1, -0.05) is 11.3 Å². The molecule has 29 heavy (non-hydrogen) atoms. The van der Waals surface area contributed by atoms with Crippen LogP contribution in [0.1, 0.15) is 54.1 Å². The number of anilines is 2. The molecule has 9 heteroatoms. The largest absolute Gasteiger partial charge is 0.477 e. The number of thiazole rings is 1. The Labute approximate surface area is 173 Å². The number of carbonyl (C=O) groups excluding carboxylic acids is 2. The molecule has 0 radical (unpaired) electrons. The molecule has 0 aliphatic carbocycles. The van der Waals surface area contributed by atoms with Gasteiger partial charge in [-0.05, 0) is 52.0 Å². The maximum Gasteiger partial charge on any atom is 0.347 e. The topological polar surface area (TPSA) is 109 Å². The number of aromatic nitrogens is 1. The molecule has 8 nitrogen and oxygen atoms in total. The lowest BCUT2D eigenvalue weighted by atomic mass is 10.1. The molecule has 1 aromatic heterocycles. The summed E-state index contributed by atoms with van der Waals surface area (Å²) in [6.07, 6.45) is 1.53. The Balaban J connectivity index is 1.89. The number of carboxylic acid groups (broad SMARTS) is 1. The maximum absolute atomic E-state index is 12.2. The van der Waals surface area contributed by atoms with Crippen LogP contribution >= 0.6 is 11.3 Å². The van der Waals surface area contributed by atoms with Gasteiger partial charge < -0.3 is 20.1 Å². The van der Waals surface area contributed by atoms with E-state index in [1.807, 2.05) is 11.8 Å². The number of carboxylic acids is 1. The predicted molar refractivity (Wildman–Crippen MR) is 112 cm³/mol. The molecule has 0 aliphatic heterocycles. The van der Waals surface area contributed by atoms with Crippen molar-refractivity contribution in [3.05, 3.63) is 40.9 Å². The molecule has 2 N–H and O–H groups in total. The molecule has 1 aromatic carbocycles. The van der Waals surface area contributed by atoms with Gasteiger partial charge in [0.05, 0.1) is 11.8 Å². The van der Waals surface area contributed by atoms with E-state index in [4.69, 9.17) is 9.84 Å². The summed E-state index contributed by atoms with van der Waals surface area (Å²) < 4.78 is 5.31. The first-order valence-electron chi connectivity index (χ1n) is 9.16. The third-order valence-electron chi connectivity index (χ3n) is 3.77. The monoisotopic (exact) mass is 419 g/mol. The summed E-state index contributed by atoms with van der Waals surface area (Å²) >= 11 is 1.08. The fourth-order valence-corrected chi connectivity index (χ4v) is 3.23. The molecule has 0 aliphatic rings. The number of nitrogens with one attached hydrogen (secondary N) is 1. The number of aromatic carboxylic acids is 1. The van der Waals surface area contributed by atoms with Crippen molar-refractivity contribution >= 4 is 40.0 Å². The summed E-state index contributed by atoms with van der Waals surface area (Å²) in [5, 5.41) is 12.4. The number of hydrogen-bond donors (Lipinski definition) is 2. The SMILES string of the molecule is CCN(CCC(=O)Nc1ccc(C(=O)OC(C)(C)C)cc1)c1ncc(C(=O)O)s1. The van der Waals surface area contributed by atoms with Crippen molar-refractivity contribution in [2.75, 3.05) is 23.3 Å². The van der Waals surface area contributed by atoms with Crippen LogP contribution in [0.2, 0.25) is 0 Å². The number of esters is 1. The summed E-state index contributed by atoms with van der Waals surface area (Å²) in [6.45, 7) is 8.32. The molecule has 0 unspecified atom stereocenters. The zero-order valence-electron chi connectivity index (χ0n) is 16.9. The molecule has 0 fully saturated rings. The van der Waals surface area contributed by atoms with Crippen LogP contribution in [0.25, 0.3) is 0 Å². The van der Waals surface area contributed by atoms with E-state index < -0.39 is 17.5 Å². The lowest BCUT2D eigenvalue weighted by molar-refractivity contribution is -0.116. The van der Waals surface area contributed by atoms with Gasteiger partial charge in [0, 0.05) is 25.2 Å². The van der Waals surface area contributed by atoms with E-state index in [1.165, 1.54) is 6.20 Å². The number of nitrogens with zero attached hydrogens (tertiary/aromatic N) is 2. The molecule has 2 aromatic rings. The second-order valence-electron chi connectivity index (χ2n) is 7.27. The van der Waals surface area contributed by atoms with Crippen LogP contribution in [0.4, 0.5) is 10.8 Å². The van der Waals surface area contributed by atoms with E-state index in [9.17, 15) is 14.4 Å². The van der Waals surface area contributed by atoms with E-state index in [-0.39, 0.29) is 17.2 Å². The molecular formula is C20H25N3O5S. The summed E-state index contributed by atoms with van der Waals surface area (Å²) in [7, 11) is 0. The van der Waals surface area contributed by atoms with Gasteiger partial charge in [-0.3, -0.25) is 4.79 Å².